The van der Waals surface area contributed by atoms with Crippen LogP contribution in [-0.2, 0) is 0 Å². The fourth-order valence-electron chi connectivity index (χ4n) is 8.83. The van der Waals surface area contributed by atoms with Crippen molar-refractivity contribution < 1.29 is 9.59 Å². The molecule has 2 amide bonds. The number of hydrazone groups is 2. The average Bonchev–Trinajstić information content (AvgIpc) is 2.82. The molecule has 2 N–H and O–H groups in total. The van der Waals surface area contributed by atoms with Crippen LogP contribution in [0.25, 0.3) is 0 Å². The van der Waals surface area contributed by atoms with Gasteiger partial charge in [-0.1, -0.05) is 0 Å². The first-order valence-electron chi connectivity index (χ1n) is 13.4. The van der Waals surface area contributed by atoms with Crippen molar-refractivity contribution >= 4 is 23.2 Å². The van der Waals surface area contributed by atoms with Crippen molar-refractivity contribution in [2.75, 3.05) is 0 Å². The molecule has 0 radical (unpaired) electrons. The second-order valence-electron chi connectivity index (χ2n) is 12.1. The van der Waals surface area contributed by atoms with E-state index in [1.165, 1.54) is 75.6 Å². The smallest absolute Gasteiger partial charge is 0.267 e. The number of carbonyl (C=O) groups excluding carboxylic acids is 2. The summed E-state index contributed by atoms with van der Waals surface area (Å²) in [5, 5.41) is 9.19. The summed E-state index contributed by atoms with van der Waals surface area (Å²) in [4.78, 5) is 25.4. The van der Waals surface area contributed by atoms with Crippen molar-refractivity contribution in [2.45, 2.75) is 64.2 Å². The van der Waals surface area contributed by atoms with E-state index < -0.39 is 0 Å². The van der Waals surface area contributed by atoms with Gasteiger partial charge in [-0.25, -0.2) is 10.9 Å². The number of amides is 2. The predicted octanol–water partition coefficient (Wildman–Crippen LogP) is 4.77. The van der Waals surface area contributed by atoms with Gasteiger partial charge in [-0.05, 0) is 136 Å². The lowest BCUT2D eigenvalue weighted by molar-refractivity contribution is 0.0930. The highest BCUT2D eigenvalue weighted by molar-refractivity contribution is 5.99. The van der Waals surface area contributed by atoms with E-state index in [-0.39, 0.29) is 11.8 Å². The van der Waals surface area contributed by atoms with Gasteiger partial charge < -0.3 is 0 Å². The van der Waals surface area contributed by atoms with Crippen LogP contribution >= 0.6 is 0 Å². The highest BCUT2D eigenvalue weighted by Crippen LogP contribution is 2.53. The van der Waals surface area contributed by atoms with Crippen molar-refractivity contribution in [1.82, 2.24) is 10.9 Å². The van der Waals surface area contributed by atoms with Crippen LogP contribution in [-0.4, -0.2) is 23.2 Å². The number of benzene rings is 1. The molecule has 0 spiro atoms. The minimum atomic E-state index is -0.206. The molecule has 8 fully saturated rings. The molecule has 0 unspecified atom stereocenters. The van der Waals surface area contributed by atoms with E-state index in [1.54, 1.807) is 24.3 Å². The van der Waals surface area contributed by atoms with E-state index in [9.17, 15) is 9.59 Å². The molecular formula is C28H34N4O2. The second-order valence-corrected chi connectivity index (χ2v) is 12.1. The average molecular weight is 459 g/mol. The molecular weight excluding hydrogens is 424 g/mol. The molecule has 8 aliphatic carbocycles. The van der Waals surface area contributed by atoms with E-state index in [2.05, 4.69) is 21.1 Å². The van der Waals surface area contributed by atoms with Crippen LogP contribution in [0.3, 0.4) is 0 Å². The van der Waals surface area contributed by atoms with Crippen LogP contribution in [0.1, 0.15) is 84.9 Å². The SMILES string of the molecule is O=C(NN=C1C2CC3CC(C2)CC1C3)c1ccc(C(=O)NN=C2C3CC4CC(C3)CC2C4)cc1. The zero-order chi connectivity index (χ0) is 22.8. The van der Waals surface area contributed by atoms with Crippen LogP contribution in [0, 0.1) is 47.3 Å². The summed E-state index contributed by atoms with van der Waals surface area (Å²) >= 11 is 0. The Hall–Kier alpha value is -2.50. The molecule has 0 aromatic heterocycles. The minimum Gasteiger partial charge on any atom is -0.267 e. The third kappa shape index (κ3) is 3.61. The minimum absolute atomic E-state index is 0.206. The largest absolute Gasteiger partial charge is 0.271 e. The molecule has 0 saturated heterocycles. The molecule has 8 bridgehead atoms. The van der Waals surface area contributed by atoms with Gasteiger partial charge >= 0.3 is 0 Å². The van der Waals surface area contributed by atoms with Gasteiger partial charge in [-0.15, -0.1) is 0 Å². The van der Waals surface area contributed by atoms with Gasteiger partial charge in [0, 0.05) is 22.6 Å². The van der Waals surface area contributed by atoms with Gasteiger partial charge in [0.25, 0.3) is 11.8 Å². The van der Waals surface area contributed by atoms with E-state index >= 15 is 0 Å². The van der Waals surface area contributed by atoms with Crippen molar-refractivity contribution in [3.05, 3.63) is 35.4 Å². The van der Waals surface area contributed by atoms with Gasteiger partial charge in [0.1, 0.15) is 0 Å². The molecule has 8 aliphatic rings. The van der Waals surface area contributed by atoms with E-state index in [1.807, 2.05) is 0 Å². The lowest BCUT2D eigenvalue weighted by Gasteiger charge is -2.50. The number of nitrogens with one attached hydrogen (secondary N) is 2. The fraction of sp³-hybridized carbons (Fsp3) is 0.643. The molecule has 34 heavy (non-hydrogen) atoms. The zero-order valence-corrected chi connectivity index (χ0v) is 19.7. The number of hydrogen-bond acceptors (Lipinski definition) is 4. The normalized spacial score (nSPS) is 38.7. The summed E-state index contributed by atoms with van der Waals surface area (Å²) in [5.74, 6) is 5.38. The maximum atomic E-state index is 12.7. The van der Waals surface area contributed by atoms with E-state index in [0.29, 0.717) is 34.8 Å². The van der Waals surface area contributed by atoms with Gasteiger partial charge in [-0.3, -0.25) is 9.59 Å². The molecule has 0 heterocycles. The predicted molar refractivity (Wildman–Crippen MR) is 130 cm³/mol. The van der Waals surface area contributed by atoms with Crippen LogP contribution in [0.2, 0.25) is 0 Å². The van der Waals surface area contributed by atoms with Gasteiger partial charge in [0.05, 0.1) is 0 Å². The number of carbonyl (C=O) groups is 2. The number of nitrogens with zero attached hydrogens (tertiary/aromatic N) is 2. The number of hydrogen-bond donors (Lipinski definition) is 2. The summed E-state index contributed by atoms with van der Waals surface area (Å²) in [6, 6.07) is 6.82. The summed E-state index contributed by atoms with van der Waals surface area (Å²) in [6.07, 6.45) is 12.8. The highest BCUT2D eigenvalue weighted by atomic mass is 16.2. The maximum Gasteiger partial charge on any atom is 0.271 e. The summed E-state index contributed by atoms with van der Waals surface area (Å²) < 4.78 is 0. The van der Waals surface area contributed by atoms with Crippen LogP contribution < -0.4 is 10.9 Å². The molecule has 1 aromatic carbocycles. The van der Waals surface area contributed by atoms with Crippen molar-refractivity contribution in [2.24, 2.45) is 57.5 Å². The highest BCUT2D eigenvalue weighted by Gasteiger charge is 2.47. The van der Waals surface area contributed by atoms with Crippen molar-refractivity contribution in [3.8, 4) is 0 Å². The Kier molecular flexibility index (Phi) is 4.92. The molecule has 8 saturated carbocycles. The Morgan fingerprint density at radius 1 is 0.529 bits per heavy atom. The Bertz CT molecular complexity index is 927. The quantitative estimate of drug-likeness (QED) is 0.637. The van der Waals surface area contributed by atoms with E-state index in [4.69, 9.17) is 0 Å². The maximum absolute atomic E-state index is 12.7. The van der Waals surface area contributed by atoms with Gasteiger partial charge in [0.15, 0.2) is 0 Å². The third-order valence-corrected chi connectivity index (χ3v) is 9.93. The molecule has 178 valence electrons. The summed E-state index contributed by atoms with van der Waals surface area (Å²) in [5.41, 5.74) is 9.10. The van der Waals surface area contributed by atoms with Gasteiger partial charge in [-0.2, -0.15) is 10.2 Å². The molecule has 0 atom stereocenters. The Morgan fingerprint density at radius 2 is 0.824 bits per heavy atom. The van der Waals surface area contributed by atoms with Gasteiger partial charge in [0.2, 0.25) is 0 Å². The van der Waals surface area contributed by atoms with E-state index in [0.717, 1.165) is 23.7 Å². The molecule has 9 rings (SSSR count). The summed E-state index contributed by atoms with van der Waals surface area (Å²) in [6.45, 7) is 0. The van der Waals surface area contributed by atoms with Crippen LogP contribution in [0.5, 0.6) is 0 Å². The Labute approximate surface area is 201 Å². The Morgan fingerprint density at radius 3 is 1.12 bits per heavy atom. The second kappa shape index (κ2) is 8.03. The monoisotopic (exact) mass is 458 g/mol. The molecule has 6 nitrogen and oxygen atoms in total. The topological polar surface area (TPSA) is 82.9 Å². The Balaban J connectivity index is 0.978. The standard InChI is InChI=1S/C28H34N4O2/c33-27(31-29-25-21-7-15-5-16(9-21)10-22(25)8-15)19-1-2-20(4-3-19)28(34)32-30-26-23-11-17-6-18(13-23)14-24(26)12-17/h1-4,15-18,21-24H,5-14H2,(H,31,33)(H,32,34). The first-order chi connectivity index (χ1) is 16.6. The van der Waals surface area contributed by atoms with Crippen molar-refractivity contribution in [1.29, 1.82) is 0 Å². The van der Waals surface area contributed by atoms with Crippen molar-refractivity contribution in [3.63, 3.8) is 0 Å². The van der Waals surface area contributed by atoms with Crippen LogP contribution in [0.15, 0.2) is 34.5 Å². The molecule has 1 aromatic rings. The molecule has 0 aliphatic heterocycles. The van der Waals surface area contributed by atoms with Crippen LogP contribution in [0.4, 0.5) is 0 Å². The lowest BCUT2D eigenvalue weighted by Crippen LogP contribution is -2.46. The molecule has 6 heteroatoms. The fourth-order valence-corrected chi connectivity index (χ4v) is 8.83. The first kappa shape index (κ1) is 20.8. The summed E-state index contributed by atoms with van der Waals surface area (Å²) in [7, 11) is 0. The first-order valence-corrected chi connectivity index (χ1v) is 13.4. The third-order valence-electron chi connectivity index (χ3n) is 9.93. The zero-order valence-electron chi connectivity index (χ0n) is 19.7. The lowest BCUT2D eigenvalue weighted by atomic mass is 9.55. The number of rotatable bonds is 4.